The maximum atomic E-state index is 12.7. The highest BCUT2D eigenvalue weighted by atomic mass is 16.5. The van der Waals surface area contributed by atoms with Crippen molar-refractivity contribution in [2.45, 2.75) is 39.7 Å². The minimum Gasteiger partial charge on any atom is -0.381 e. The van der Waals surface area contributed by atoms with Gasteiger partial charge in [-0.2, -0.15) is 0 Å². The molecule has 7 heteroatoms. The molecule has 0 radical (unpaired) electrons. The van der Waals surface area contributed by atoms with Gasteiger partial charge in [-0.25, -0.2) is 0 Å². The fourth-order valence-electron chi connectivity index (χ4n) is 3.93. The number of carbonyl (C=O) groups excluding carboxylic acids is 1. The Kier molecular flexibility index (Phi) is 5.32. The number of amides is 1. The second-order valence-electron chi connectivity index (χ2n) is 7.15. The van der Waals surface area contributed by atoms with Gasteiger partial charge >= 0.3 is 0 Å². The van der Waals surface area contributed by atoms with Crippen molar-refractivity contribution >= 4 is 11.6 Å². The van der Waals surface area contributed by atoms with Gasteiger partial charge in [-0.15, -0.1) is 0 Å². The van der Waals surface area contributed by atoms with Crippen LogP contribution in [0.5, 0.6) is 0 Å². The smallest absolute Gasteiger partial charge is 0.267 e. The Labute approximate surface area is 158 Å². The fourth-order valence-corrected chi connectivity index (χ4v) is 3.93. The first kappa shape index (κ1) is 19.1. The third-order valence-electron chi connectivity index (χ3n) is 5.25. The third-order valence-corrected chi connectivity index (χ3v) is 5.25. The maximum absolute atomic E-state index is 12.7. The number of carbonyl (C=O) groups is 1. The van der Waals surface area contributed by atoms with Crippen molar-refractivity contribution in [3.63, 3.8) is 0 Å². The summed E-state index contributed by atoms with van der Waals surface area (Å²) in [4.78, 5) is 33.9. The molecule has 0 saturated carbocycles. The number of nitrogens with zero attached hydrogens (tertiary/aromatic N) is 2. The van der Waals surface area contributed by atoms with Crippen LogP contribution < -0.4 is 16.2 Å². The number of nitrogens with one attached hydrogen (secondary N) is 1. The van der Waals surface area contributed by atoms with Gasteiger partial charge in [0.15, 0.2) is 0 Å². The van der Waals surface area contributed by atoms with Gasteiger partial charge < -0.3 is 20.4 Å². The van der Waals surface area contributed by atoms with Gasteiger partial charge in [-0.3, -0.25) is 14.6 Å². The molecule has 0 aromatic carbocycles. The zero-order chi connectivity index (χ0) is 19.7. The zero-order valence-electron chi connectivity index (χ0n) is 16.3. The third kappa shape index (κ3) is 3.60. The van der Waals surface area contributed by atoms with Crippen molar-refractivity contribution in [3.05, 3.63) is 45.1 Å². The highest BCUT2D eigenvalue weighted by Gasteiger charge is 2.26. The van der Waals surface area contributed by atoms with E-state index in [1.807, 2.05) is 33.9 Å². The molecule has 144 valence electrons. The summed E-state index contributed by atoms with van der Waals surface area (Å²) in [5.41, 5.74) is 10.1. The number of hydrogen-bond donors (Lipinski definition) is 2. The van der Waals surface area contributed by atoms with Gasteiger partial charge in [0.2, 0.25) is 0 Å². The zero-order valence-corrected chi connectivity index (χ0v) is 16.3. The second kappa shape index (κ2) is 7.52. The molecule has 27 heavy (non-hydrogen) atoms. The number of aryl methyl sites for hydroxylation is 2. The number of aromatic amines is 1. The molecule has 3 rings (SSSR count). The lowest BCUT2D eigenvalue weighted by atomic mass is 9.96. The Hall–Kier alpha value is -2.67. The van der Waals surface area contributed by atoms with Crippen molar-refractivity contribution in [3.8, 4) is 11.1 Å². The van der Waals surface area contributed by atoms with Crippen molar-refractivity contribution < 1.29 is 9.53 Å². The van der Waals surface area contributed by atoms with Crippen molar-refractivity contribution in [2.24, 2.45) is 5.73 Å². The number of aromatic nitrogens is 2. The molecule has 2 aromatic heterocycles. The van der Waals surface area contributed by atoms with Crippen LogP contribution in [0.25, 0.3) is 11.1 Å². The second-order valence-corrected chi connectivity index (χ2v) is 7.15. The van der Waals surface area contributed by atoms with E-state index in [1.54, 1.807) is 6.20 Å². The van der Waals surface area contributed by atoms with E-state index in [0.717, 1.165) is 29.8 Å². The van der Waals surface area contributed by atoms with E-state index in [1.165, 1.54) is 0 Å². The van der Waals surface area contributed by atoms with Crippen LogP contribution in [0.1, 0.15) is 40.2 Å². The van der Waals surface area contributed by atoms with Crippen molar-refractivity contribution in [1.29, 1.82) is 0 Å². The first-order chi connectivity index (χ1) is 12.8. The van der Waals surface area contributed by atoms with Crippen LogP contribution in [0.4, 0.5) is 5.69 Å². The summed E-state index contributed by atoms with van der Waals surface area (Å²) in [5.74, 6) is -0.574. The van der Waals surface area contributed by atoms with Gasteiger partial charge in [-0.05, 0) is 45.2 Å². The molecule has 7 nitrogen and oxygen atoms in total. The number of hydrogen-bond acceptors (Lipinski definition) is 5. The van der Waals surface area contributed by atoms with Crippen LogP contribution in [0.15, 0.2) is 17.1 Å². The van der Waals surface area contributed by atoms with Crippen LogP contribution >= 0.6 is 0 Å². The molecule has 1 saturated heterocycles. The molecular weight excluding hydrogens is 344 g/mol. The average Bonchev–Trinajstić information content (AvgIpc) is 2.61. The normalized spacial score (nSPS) is 15.0. The molecule has 0 aliphatic carbocycles. The summed E-state index contributed by atoms with van der Waals surface area (Å²) in [7, 11) is 1.99. The number of primary amides is 1. The summed E-state index contributed by atoms with van der Waals surface area (Å²) in [6, 6.07) is 2.19. The molecule has 2 aromatic rings. The Morgan fingerprint density at radius 2 is 1.96 bits per heavy atom. The minimum atomic E-state index is -0.574. The minimum absolute atomic E-state index is 0.165. The summed E-state index contributed by atoms with van der Waals surface area (Å²) < 4.78 is 5.48. The highest BCUT2D eigenvalue weighted by Crippen LogP contribution is 2.36. The van der Waals surface area contributed by atoms with Crippen LogP contribution in [0.2, 0.25) is 0 Å². The predicted molar refractivity (Wildman–Crippen MR) is 105 cm³/mol. The van der Waals surface area contributed by atoms with E-state index >= 15 is 0 Å². The monoisotopic (exact) mass is 370 g/mol. The Morgan fingerprint density at radius 1 is 1.30 bits per heavy atom. The molecule has 0 unspecified atom stereocenters. The lowest BCUT2D eigenvalue weighted by Gasteiger charge is -2.35. The van der Waals surface area contributed by atoms with E-state index < -0.39 is 5.91 Å². The van der Waals surface area contributed by atoms with Gasteiger partial charge in [0, 0.05) is 49.3 Å². The quantitative estimate of drug-likeness (QED) is 0.858. The number of nitrogens with two attached hydrogens (primary N) is 1. The van der Waals surface area contributed by atoms with E-state index in [-0.39, 0.29) is 17.3 Å². The predicted octanol–water partition coefficient (Wildman–Crippen LogP) is 2.08. The van der Waals surface area contributed by atoms with E-state index in [0.29, 0.717) is 29.9 Å². The average molecular weight is 370 g/mol. The van der Waals surface area contributed by atoms with Crippen LogP contribution in [0.3, 0.4) is 0 Å². The molecule has 1 amide bonds. The standard InChI is InChI=1S/C20H26N4O3/c1-11-9-12(2)23-20(26)16(11)15-10-22-17(19(21)25)13(3)18(15)24(4)14-5-7-27-8-6-14/h9-10,14H,5-8H2,1-4H3,(H2,21,25)(H,23,26). The molecule has 0 spiro atoms. The topological polar surface area (TPSA) is 101 Å². The van der Waals surface area contributed by atoms with Crippen molar-refractivity contribution in [2.75, 3.05) is 25.2 Å². The van der Waals surface area contributed by atoms with E-state index in [4.69, 9.17) is 10.5 Å². The number of ether oxygens (including phenoxy) is 1. The summed E-state index contributed by atoms with van der Waals surface area (Å²) in [5, 5.41) is 0. The number of rotatable bonds is 4. The number of pyridine rings is 2. The molecular formula is C20H26N4O3. The molecule has 3 heterocycles. The molecule has 1 aliphatic heterocycles. The molecule has 3 N–H and O–H groups in total. The number of H-pyrrole nitrogens is 1. The summed E-state index contributed by atoms with van der Waals surface area (Å²) >= 11 is 0. The lowest BCUT2D eigenvalue weighted by molar-refractivity contribution is 0.0854. The van der Waals surface area contributed by atoms with Gasteiger partial charge in [0.05, 0.1) is 11.3 Å². The van der Waals surface area contributed by atoms with Gasteiger partial charge in [0.1, 0.15) is 5.69 Å². The lowest BCUT2D eigenvalue weighted by Crippen LogP contribution is -2.38. The maximum Gasteiger partial charge on any atom is 0.267 e. The van der Waals surface area contributed by atoms with E-state index in [2.05, 4.69) is 14.9 Å². The Balaban J connectivity index is 2.24. The van der Waals surface area contributed by atoms with Gasteiger partial charge in [0.25, 0.3) is 11.5 Å². The first-order valence-corrected chi connectivity index (χ1v) is 9.12. The largest absolute Gasteiger partial charge is 0.381 e. The molecule has 0 bridgehead atoms. The first-order valence-electron chi connectivity index (χ1n) is 9.12. The summed E-state index contributed by atoms with van der Waals surface area (Å²) in [6.45, 7) is 6.99. The van der Waals surface area contributed by atoms with Crippen molar-refractivity contribution in [1.82, 2.24) is 9.97 Å². The molecule has 1 aliphatic rings. The SMILES string of the molecule is Cc1cc(C)c(-c2cnc(C(N)=O)c(C)c2N(C)C2CCOCC2)c(=O)[nH]1. The highest BCUT2D eigenvalue weighted by molar-refractivity contribution is 5.96. The van der Waals surface area contributed by atoms with E-state index in [9.17, 15) is 9.59 Å². The van der Waals surface area contributed by atoms with Gasteiger partial charge in [-0.1, -0.05) is 0 Å². The Bertz CT molecular complexity index is 930. The van der Waals surface area contributed by atoms with Crippen LogP contribution in [0, 0.1) is 20.8 Å². The molecule has 0 atom stereocenters. The Morgan fingerprint density at radius 3 is 2.56 bits per heavy atom. The summed E-state index contributed by atoms with van der Waals surface area (Å²) in [6.07, 6.45) is 3.35. The van der Waals surface area contributed by atoms with Crippen LogP contribution in [-0.2, 0) is 4.74 Å². The fraction of sp³-hybridized carbons (Fsp3) is 0.450. The number of anilines is 1. The molecule has 1 fully saturated rings. The van der Waals surface area contributed by atoms with Crippen LogP contribution in [-0.4, -0.2) is 42.2 Å².